The van der Waals surface area contributed by atoms with E-state index in [1.165, 1.54) is 6.20 Å². The Balaban J connectivity index is 2.01. The quantitative estimate of drug-likeness (QED) is 0.494. The molecule has 2 aromatic heterocycles. The summed E-state index contributed by atoms with van der Waals surface area (Å²) in [6.45, 7) is 3.68. The van der Waals surface area contributed by atoms with Crippen LogP contribution in [0, 0.1) is 5.92 Å². The Morgan fingerprint density at radius 2 is 1.62 bits per heavy atom. The number of aromatic nitrogens is 2. The Hall–Kier alpha value is -3.73. The molecule has 0 bridgehead atoms. The van der Waals surface area contributed by atoms with Gasteiger partial charge in [-0.3, -0.25) is 19.1 Å². The normalized spacial score (nSPS) is 11.0. The number of anilines is 2. The molecule has 0 spiro atoms. The minimum absolute atomic E-state index is 0.0552. The van der Waals surface area contributed by atoms with Crippen molar-refractivity contribution in [1.29, 1.82) is 0 Å². The summed E-state index contributed by atoms with van der Waals surface area (Å²) in [5.74, 6) is 0.386. The predicted octanol–water partition coefficient (Wildman–Crippen LogP) is 4.97. The molecule has 0 amide bonds. The minimum atomic E-state index is -0.178. The van der Waals surface area contributed by atoms with Crippen LogP contribution >= 0.6 is 0 Å². The van der Waals surface area contributed by atoms with E-state index >= 15 is 0 Å². The lowest BCUT2D eigenvalue weighted by Crippen LogP contribution is -2.15. The van der Waals surface area contributed by atoms with Crippen molar-refractivity contribution in [3.05, 3.63) is 94.9 Å². The highest BCUT2D eigenvalue weighted by molar-refractivity contribution is 5.98. The molecule has 1 N–H and O–H groups in total. The first-order valence-corrected chi connectivity index (χ1v) is 9.52. The van der Waals surface area contributed by atoms with Crippen LogP contribution in [0.25, 0.3) is 16.6 Å². The van der Waals surface area contributed by atoms with Gasteiger partial charge < -0.3 is 5.32 Å². The summed E-state index contributed by atoms with van der Waals surface area (Å²) < 4.78 is 1.95. The molecule has 2 heterocycles. The van der Waals surface area contributed by atoms with Gasteiger partial charge in [0.1, 0.15) is 11.5 Å². The second kappa shape index (κ2) is 7.72. The molecule has 0 radical (unpaired) electrons. The Bertz CT molecular complexity index is 1230. The molecule has 0 atom stereocenters. The summed E-state index contributed by atoms with van der Waals surface area (Å²) in [7, 11) is 0. The van der Waals surface area contributed by atoms with E-state index in [1.54, 1.807) is 12.1 Å². The minimum Gasteiger partial charge on any atom is -0.341 e. The zero-order valence-corrected chi connectivity index (χ0v) is 16.3. The molecule has 0 fully saturated rings. The van der Waals surface area contributed by atoms with E-state index in [4.69, 9.17) is 0 Å². The van der Waals surface area contributed by atoms with Crippen molar-refractivity contribution in [3.8, 4) is 5.69 Å². The van der Waals surface area contributed by atoms with Crippen LogP contribution < -0.4 is 10.7 Å². The fourth-order valence-electron chi connectivity index (χ4n) is 3.26. The zero-order valence-electron chi connectivity index (χ0n) is 16.3. The number of rotatable bonds is 5. The number of carbonyl (C=O) groups excluding carboxylic acids is 1. The molecule has 4 aromatic rings. The maximum absolute atomic E-state index is 12.8. The number of hydrogen-bond donors (Lipinski definition) is 1. The van der Waals surface area contributed by atoms with Gasteiger partial charge in [-0.2, -0.15) is 0 Å². The average molecular weight is 383 g/mol. The Morgan fingerprint density at radius 3 is 2.28 bits per heavy atom. The van der Waals surface area contributed by atoms with E-state index in [0.717, 1.165) is 11.4 Å². The lowest BCUT2D eigenvalue weighted by Gasteiger charge is -2.19. The fraction of sp³-hybridized carbons (Fsp3) is 0.125. The Labute approximate surface area is 168 Å². The van der Waals surface area contributed by atoms with Gasteiger partial charge in [0.25, 0.3) is 0 Å². The topological polar surface area (TPSA) is 64.0 Å². The van der Waals surface area contributed by atoms with Crippen molar-refractivity contribution in [2.75, 3.05) is 5.32 Å². The molecule has 0 aliphatic heterocycles. The van der Waals surface area contributed by atoms with Crippen LogP contribution in [0.3, 0.4) is 0 Å². The smallest absolute Gasteiger partial charge is 0.193 e. The van der Waals surface area contributed by atoms with Gasteiger partial charge in [-0.25, -0.2) is 0 Å². The van der Waals surface area contributed by atoms with Crippen molar-refractivity contribution in [2.45, 2.75) is 13.8 Å². The highest BCUT2D eigenvalue weighted by Gasteiger charge is 2.17. The number of pyridine rings is 2. The van der Waals surface area contributed by atoms with Crippen LogP contribution in [0.4, 0.5) is 11.5 Å². The Morgan fingerprint density at radius 1 is 0.966 bits per heavy atom. The van der Waals surface area contributed by atoms with E-state index in [-0.39, 0.29) is 17.1 Å². The number of para-hydroxylation sites is 2. The van der Waals surface area contributed by atoms with Gasteiger partial charge in [-0.1, -0.05) is 50.2 Å². The number of nitrogens with zero attached hydrogens (tertiary/aromatic N) is 2. The zero-order chi connectivity index (χ0) is 20.4. The molecule has 0 aliphatic carbocycles. The van der Waals surface area contributed by atoms with Crippen LogP contribution in [0.2, 0.25) is 0 Å². The van der Waals surface area contributed by atoms with Gasteiger partial charge in [-0.15, -0.1) is 0 Å². The fourth-order valence-corrected chi connectivity index (χ4v) is 3.26. The number of nitrogens with one attached hydrogen (secondary N) is 1. The molecule has 4 rings (SSSR count). The average Bonchev–Trinajstić information content (AvgIpc) is 2.74. The largest absolute Gasteiger partial charge is 0.341 e. The first kappa shape index (κ1) is 18.6. The number of Topliss-reactive ketones (excluding diaryl/α,β-unsaturated/α-hetero) is 1. The number of fused-ring (bicyclic) bond motifs is 1. The molecule has 0 saturated carbocycles. The number of carbonyl (C=O) groups is 1. The third-order valence-electron chi connectivity index (χ3n) is 4.73. The highest BCUT2D eigenvalue weighted by Crippen LogP contribution is 2.25. The van der Waals surface area contributed by atoms with Gasteiger partial charge in [0.15, 0.2) is 11.2 Å². The summed E-state index contributed by atoms with van der Waals surface area (Å²) in [4.78, 5) is 29.6. The summed E-state index contributed by atoms with van der Waals surface area (Å²) >= 11 is 0. The number of benzene rings is 2. The van der Waals surface area contributed by atoms with E-state index < -0.39 is 0 Å². The second-order valence-electron chi connectivity index (χ2n) is 7.16. The van der Waals surface area contributed by atoms with Crippen molar-refractivity contribution in [1.82, 2.24) is 9.55 Å². The van der Waals surface area contributed by atoms with Gasteiger partial charge >= 0.3 is 0 Å². The van der Waals surface area contributed by atoms with Crippen LogP contribution in [-0.2, 0) is 0 Å². The predicted molar refractivity (Wildman–Crippen MR) is 116 cm³/mol. The highest BCUT2D eigenvalue weighted by atomic mass is 16.1. The lowest BCUT2D eigenvalue weighted by molar-refractivity contribution is 0.0934. The van der Waals surface area contributed by atoms with Crippen LogP contribution in [0.5, 0.6) is 0 Å². The van der Waals surface area contributed by atoms with Gasteiger partial charge in [0.05, 0.1) is 10.9 Å². The molecule has 5 heteroatoms. The van der Waals surface area contributed by atoms with E-state index in [9.17, 15) is 9.59 Å². The summed E-state index contributed by atoms with van der Waals surface area (Å²) in [5.41, 5.74) is 2.59. The summed E-state index contributed by atoms with van der Waals surface area (Å²) in [6.07, 6.45) is 1.50. The molecule has 0 aliphatic rings. The number of ketones is 1. The standard InChI is InChI=1S/C24H21N3O2/c1-16(2)24(29)20-13-21-19(15-25-20)22(28)14-23(26-17-9-5-3-6-10-17)27(21)18-11-7-4-8-12-18/h3-16,26H,1-2H3. The second-order valence-corrected chi connectivity index (χ2v) is 7.16. The van der Waals surface area contributed by atoms with Crippen LogP contribution in [0.1, 0.15) is 24.3 Å². The SMILES string of the molecule is CC(C)C(=O)c1cc2c(cn1)c(=O)cc(Nc1ccccc1)n2-c1ccccc1. The van der Waals surface area contributed by atoms with Crippen molar-refractivity contribution in [3.63, 3.8) is 0 Å². The van der Waals surface area contributed by atoms with Crippen LogP contribution in [-0.4, -0.2) is 15.3 Å². The molecule has 5 nitrogen and oxygen atoms in total. The summed E-state index contributed by atoms with van der Waals surface area (Å²) in [5, 5.41) is 3.80. The van der Waals surface area contributed by atoms with Gasteiger partial charge in [0.2, 0.25) is 0 Å². The van der Waals surface area contributed by atoms with E-state index in [1.807, 2.05) is 79.1 Å². The van der Waals surface area contributed by atoms with Crippen molar-refractivity contribution < 1.29 is 4.79 Å². The van der Waals surface area contributed by atoms with E-state index in [2.05, 4.69) is 10.3 Å². The maximum atomic E-state index is 12.8. The lowest BCUT2D eigenvalue weighted by atomic mass is 10.0. The van der Waals surface area contributed by atoms with Crippen LogP contribution in [0.15, 0.2) is 83.8 Å². The molecule has 2 aromatic carbocycles. The number of hydrogen-bond acceptors (Lipinski definition) is 4. The molecular weight excluding hydrogens is 362 g/mol. The molecular formula is C24H21N3O2. The van der Waals surface area contributed by atoms with E-state index in [0.29, 0.717) is 22.4 Å². The third kappa shape index (κ3) is 3.67. The molecule has 29 heavy (non-hydrogen) atoms. The van der Waals surface area contributed by atoms with Crippen molar-refractivity contribution >= 4 is 28.2 Å². The monoisotopic (exact) mass is 383 g/mol. The van der Waals surface area contributed by atoms with Gasteiger partial charge in [0, 0.05) is 29.6 Å². The molecule has 0 unspecified atom stereocenters. The molecule has 0 saturated heterocycles. The molecule has 144 valence electrons. The summed E-state index contributed by atoms with van der Waals surface area (Å²) in [6, 6.07) is 22.7. The van der Waals surface area contributed by atoms with Crippen molar-refractivity contribution in [2.24, 2.45) is 5.92 Å². The first-order chi connectivity index (χ1) is 14.0. The van der Waals surface area contributed by atoms with Gasteiger partial charge in [-0.05, 0) is 30.3 Å². The maximum Gasteiger partial charge on any atom is 0.193 e. The third-order valence-corrected chi connectivity index (χ3v) is 4.73. The first-order valence-electron chi connectivity index (χ1n) is 9.52. The Kier molecular flexibility index (Phi) is 4.96.